The van der Waals surface area contributed by atoms with Crippen LogP contribution in [0.2, 0.25) is 5.02 Å². The molecule has 1 heterocycles. The van der Waals surface area contributed by atoms with Crippen LogP contribution in [0.3, 0.4) is 0 Å². The van der Waals surface area contributed by atoms with E-state index < -0.39 is 5.97 Å². The van der Waals surface area contributed by atoms with Crippen molar-refractivity contribution in [3.8, 4) is 0 Å². The van der Waals surface area contributed by atoms with Crippen LogP contribution in [0.15, 0.2) is 6.20 Å². The van der Waals surface area contributed by atoms with E-state index in [2.05, 4.69) is 5.10 Å². The smallest absolute Gasteiger partial charge is 0.0815 e. The molecule has 1 rings (SSSR count). The van der Waals surface area contributed by atoms with Crippen molar-refractivity contribution in [1.82, 2.24) is 9.78 Å². The van der Waals surface area contributed by atoms with Crippen LogP contribution in [-0.4, -0.2) is 15.7 Å². The molecule has 0 bridgehead atoms. The molecule has 0 saturated carbocycles. The Morgan fingerprint density at radius 2 is 2.55 bits per heavy atom. The first kappa shape index (κ1) is 8.07. The fraction of sp³-hybridized carbons (Fsp3) is 0.333. The summed E-state index contributed by atoms with van der Waals surface area (Å²) in [5.74, 6) is -1.18. The van der Waals surface area contributed by atoms with Gasteiger partial charge < -0.3 is 9.90 Å². The topological polar surface area (TPSA) is 58.0 Å². The molecular formula is C6H6ClN2O2-. The Hall–Kier alpha value is -1.03. The maximum Gasteiger partial charge on any atom is 0.0815 e. The van der Waals surface area contributed by atoms with E-state index in [9.17, 15) is 9.90 Å². The molecular weight excluding hydrogens is 168 g/mol. The zero-order valence-corrected chi connectivity index (χ0v) is 6.63. The predicted molar refractivity (Wildman–Crippen MR) is 37.0 cm³/mol. The number of aryl methyl sites for hydroxylation is 1. The van der Waals surface area contributed by atoms with E-state index in [0.29, 0.717) is 10.7 Å². The molecule has 0 aliphatic rings. The molecule has 60 valence electrons. The van der Waals surface area contributed by atoms with Crippen LogP contribution in [0.1, 0.15) is 5.69 Å². The summed E-state index contributed by atoms with van der Waals surface area (Å²) in [6, 6.07) is 0. The highest BCUT2D eigenvalue weighted by molar-refractivity contribution is 6.31. The van der Waals surface area contributed by atoms with Gasteiger partial charge in [-0.25, -0.2) is 0 Å². The van der Waals surface area contributed by atoms with Gasteiger partial charge in [-0.3, -0.25) is 4.68 Å². The summed E-state index contributed by atoms with van der Waals surface area (Å²) in [6.45, 7) is 1.45. The first-order chi connectivity index (χ1) is 5.09. The number of aliphatic carboxylic acids is 1. The number of carbonyl (C=O) groups excluding carboxylic acids is 1. The molecule has 0 amide bonds. The van der Waals surface area contributed by atoms with E-state index in [1.807, 2.05) is 0 Å². The Labute approximate surface area is 68.4 Å². The molecule has 0 spiro atoms. The molecule has 1 aromatic rings. The molecule has 11 heavy (non-hydrogen) atoms. The Morgan fingerprint density at radius 3 is 2.91 bits per heavy atom. The van der Waals surface area contributed by atoms with Crippen molar-refractivity contribution >= 4 is 17.6 Å². The molecule has 0 aromatic carbocycles. The van der Waals surface area contributed by atoms with Gasteiger partial charge in [-0.2, -0.15) is 5.10 Å². The summed E-state index contributed by atoms with van der Waals surface area (Å²) in [6.07, 6.45) is 1.45. The Kier molecular flexibility index (Phi) is 2.14. The van der Waals surface area contributed by atoms with Crippen LogP contribution in [0.4, 0.5) is 0 Å². The van der Waals surface area contributed by atoms with Crippen LogP contribution in [0.5, 0.6) is 0 Å². The van der Waals surface area contributed by atoms with Crippen LogP contribution >= 0.6 is 11.6 Å². The molecule has 5 heteroatoms. The van der Waals surface area contributed by atoms with E-state index in [4.69, 9.17) is 11.6 Å². The largest absolute Gasteiger partial charge is 0.548 e. The van der Waals surface area contributed by atoms with Crippen molar-refractivity contribution in [3.63, 3.8) is 0 Å². The fourth-order valence-electron chi connectivity index (χ4n) is 0.707. The number of carboxylic acid groups (broad SMARTS) is 1. The number of rotatable bonds is 2. The lowest BCUT2D eigenvalue weighted by Gasteiger charge is -1.99. The van der Waals surface area contributed by atoms with Gasteiger partial charge in [0.2, 0.25) is 0 Å². The molecule has 0 saturated heterocycles. The van der Waals surface area contributed by atoms with Crippen LogP contribution in [0.25, 0.3) is 0 Å². The van der Waals surface area contributed by atoms with Gasteiger partial charge in [-0.15, -0.1) is 0 Å². The summed E-state index contributed by atoms with van der Waals surface area (Å²) in [5, 5.41) is 14.4. The Morgan fingerprint density at radius 1 is 1.91 bits per heavy atom. The van der Waals surface area contributed by atoms with E-state index in [1.165, 1.54) is 10.9 Å². The van der Waals surface area contributed by atoms with E-state index >= 15 is 0 Å². The predicted octanol–water partition coefficient (Wildman–Crippen LogP) is -0.405. The zero-order valence-electron chi connectivity index (χ0n) is 5.87. The standard InChI is InChI=1S/C6H7ClN2O2/c1-4-5(7)2-9(8-4)3-6(10)11/h2H,3H2,1H3,(H,10,11)/p-1. The number of halogens is 1. The molecule has 0 N–H and O–H groups in total. The Balaban J connectivity index is 2.81. The van der Waals surface area contributed by atoms with Gasteiger partial charge in [0.1, 0.15) is 0 Å². The average molecular weight is 174 g/mol. The minimum atomic E-state index is -1.18. The number of carboxylic acids is 1. The first-order valence-corrected chi connectivity index (χ1v) is 3.37. The monoisotopic (exact) mass is 173 g/mol. The Bertz CT molecular complexity index is 263. The average Bonchev–Trinajstić information content (AvgIpc) is 2.10. The highest BCUT2D eigenvalue weighted by atomic mass is 35.5. The number of nitrogens with zero attached hydrogens (tertiary/aromatic N) is 2. The molecule has 0 atom stereocenters. The van der Waals surface area contributed by atoms with Gasteiger partial charge in [-0.1, -0.05) is 11.6 Å². The second-order valence-electron chi connectivity index (χ2n) is 2.13. The maximum atomic E-state index is 10.1. The molecule has 1 aromatic heterocycles. The highest BCUT2D eigenvalue weighted by Gasteiger charge is 2.00. The quantitative estimate of drug-likeness (QED) is 0.611. The summed E-state index contributed by atoms with van der Waals surface area (Å²) < 4.78 is 1.23. The minimum absolute atomic E-state index is 0.256. The van der Waals surface area contributed by atoms with Gasteiger partial charge in [0, 0.05) is 6.20 Å². The van der Waals surface area contributed by atoms with Crippen molar-refractivity contribution < 1.29 is 9.90 Å². The lowest BCUT2D eigenvalue weighted by atomic mass is 10.5. The number of carbonyl (C=O) groups is 1. The molecule has 0 radical (unpaired) electrons. The van der Waals surface area contributed by atoms with Gasteiger partial charge in [0.25, 0.3) is 0 Å². The summed E-state index contributed by atoms with van der Waals surface area (Å²) in [5.41, 5.74) is 0.618. The van der Waals surface area contributed by atoms with Crippen LogP contribution in [-0.2, 0) is 11.3 Å². The van der Waals surface area contributed by atoms with Crippen molar-refractivity contribution in [1.29, 1.82) is 0 Å². The van der Waals surface area contributed by atoms with Crippen molar-refractivity contribution in [2.24, 2.45) is 0 Å². The number of aromatic nitrogens is 2. The fourth-order valence-corrected chi connectivity index (χ4v) is 0.857. The van der Waals surface area contributed by atoms with E-state index in [1.54, 1.807) is 6.92 Å². The van der Waals surface area contributed by atoms with Gasteiger partial charge in [-0.05, 0) is 6.92 Å². The van der Waals surface area contributed by atoms with Crippen molar-refractivity contribution in [3.05, 3.63) is 16.9 Å². The SMILES string of the molecule is Cc1nn(CC(=O)[O-])cc1Cl. The first-order valence-electron chi connectivity index (χ1n) is 2.99. The van der Waals surface area contributed by atoms with Crippen molar-refractivity contribution in [2.75, 3.05) is 0 Å². The summed E-state index contributed by atoms with van der Waals surface area (Å²) in [7, 11) is 0. The number of hydrogen-bond acceptors (Lipinski definition) is 3. The second kappa shape index (κ2) is 2.92. The summed E-state index contributed by atoms with van der Waals surface area (Å²) >= 11 is 5.62. The van der Waals surface area contributed by atoms with E-state index in [0.717, 1.165) is 0 Å². The third kappa shape index (κ3) is 1.94. The zero-order chi connectivity index (χ0) is 8.43. The van der Waals surface area contributed by atoms with Crippen LogP contribution < -0.4 is 5.11 Å². The third-order valence-corrected chi connectivity index (χ3v) is 1.55. The van der Waals surface area contributed by atoms with Crippen molar-refractivity contribution in [2.45, 2.75) is 13.5 Å². The van der Waals surface area contributed by atoms with Gasteiger partial charge in [0.05, 0.1) is 23.2 Å². The lowest BCUT2D eigenvalue weighted by molar-refractivity contribution is -0.306. The van der Waals surface area contributed by atoms with E-state index in [-0.39, 0.29) is 6.54 Å². The minimum Gasteiger partial charge on any atom is -0.548 e. The maximum absolute atomic E-state index is 10.1. The second-order valence-corrected chi connectivity index (χ2v) is 2.54. The van der Waals surface area contributed by atoms with Gasteiger partial charge >= 0.3 is 0 Å². The molecule has 0 fully saturated rings. The molecule has 0 unspecified atom stereocenters. The molecule has 4 nitrogen and oxygen atoms in total. The van der Waals surface area contributed by atoms with Gasteiger partial charge in [0.15, 0.2) is 0 Å². The molecule has 0 aliphatic carbocycles. The molecule has 0 aliphatic heterocycles. The number of hydrogen-bond donors (Lipinski definition) is 0. The summed E-state index contributed by atoms with van der Waals surface area (Å²) in [4.78, 5) is 10.1. The van der Waals surface area contributed by atoms with Crippen LogP contribution in [0, 0.1) is 6.92 Å². The third-order valence-electron chi connectivity index (χ3n) is 1.18. The lowest BCUT2D eigenvalue weighted by Crippen LogP contribution is -2.27. The highest BCUT2D eigenvalue weighted by Crippen LogP contribution is 2.11. The normalized spacial score (nSPS) is 10.0.